The molecule has 1 fully saturated rings. The molecule has 2 unspecified atom stereocenters. The lowest BCUT2D eigenvalue weighted by molar-refractivity contribution is -0.148. The van der Waals surface area contributed by atoms with Gasteiger partial charge in [0.15, 0.2) is 0 Å². The van der Waals surface area contributed by atoms with Gasteiger partial charge < -0.3 is 15.2 Å². The molecule has 2 N–H and O–H groups in total. The fourth-order valence-electron chi connectivity index (χ4n) is 1.98. The summed E-state index contributed by atoms with van der Waals surface area (Å²) in [5, 5.41) is 0. The summed E-state index contributed by atoms with van der Waals surface area (Å²) in [5.74, 6) is -0.446. The second kappa shape index (κ2) is 8.48. The monoisotopic (exact) mass is 243 g/mol. The van der Waals surface area contributed by atoms with Gasteiger partial charge in [0.05, 0.1) is 25.7 Å². The van der Waals surface area contributed by atoms with Gasteiger partial charge in [0.1, 0.15) is 0 Å². The van der Waals surface area contributed by atoms with Gasteiger partial charge in [-0.15, -0.1) is 0 Å². The third kappa shape index (κ3) is 5.50. The van der Waals surface area contributed by atoms with E-state index in [9.17, 15) is 4.79 Å². The summed E-state index contributed by atoms with van der Waals surface area (Å²) < 4.78 is 10.3. The molecule has 0 aromatic heterocycles. The fourth-order valence-corrected chi connectivity index (χ4v) is 1.98. The smallest absolute Gasteiger partial charge is 0.312 e. The first-order chi connectivity index (χ1) is 8.25. The van der Waals surface area contributed by atoms with Gasteiger partial charge in [-0.1, -0.05) is 39.0 Å². The molecule has 0 spiro atoms. The Morgan fingerprint density at radius 2 is 1.94 bits per heavy atom. The molecule has 100 valence electrons. The third-order valence-corrected chi connectivity index (χ3v) is 3.17. The van der Waals surface area contributed by atoms with Crippen LogP contribution in [0.5, 0.6) is 0 Å². The molecule has 1 heterocycles. The van der Waals surface area contributed by atoms with Gasteiger partial charge in [-0.05, 0) is 6.42 Å². The molecule has 0 aromatic carbocycles. The third-order valence-electron chi connectivity index (χ3n) is 3.17. The molecule has 2 atom stereocenters. The van der Waals surface area contributed by atoms with Crippen LogP contribution in [0.3, 0.4) is 0 Å². The molecule has 0 saturated carbocycles. The maximum absolute atomic E-state index is 11.6. The van der Waals surface area contributed by atoms with Gasteiger partial charge in [0.25, 0.3) is 0 Å². The van der Waals surface area contributed by atoms with E-state index < -0.39 is 0 Å². The number of rotatable bonds is 8. The zero-order valence-electron chi connectivity index (χ0n) is 10.8. The minimum atomic E-state index is -0.255. The molecule has 4 nitrogen and oxygen atoms in total. The van der Waals surface area contributed by atoms with Crippen LogP contribution in [0.25, 0.3) is 0 Å². The van der Waals surface area contributed by atoms with Gasteiger partial charge in [0, 0.05) is 6.04 Å². The molecule has 0 aliphatic carbocycles. The van der Waals surface area contributed by atoms with E-state index >= 15 is 0 Å². The predicted molar refractivity (Wildman–Crippen MR) is 66.6 cm³/mol. The molecule has 17 heavy (non-hydrogen) atoms. The molecule has 0 bridgehead atoms. The van der Waals surface area contributed by atoms with Crippen molar-refractivity contribution in [3.63, 3.8) is 0 Å². The standard InChI is InChI=1S/C13H25NO3/c1-2-3-4-5-6-7-8-17-13(15)11-9-16-10-12(11)14/h11-12H,2-10,14H2,1H3. The van der Waals surface area contributed by atoms with Gasteiger partial charge in [0.2, 0.25) is 0 Å². The average Bonchev–Trinajstić information content (AvgIpc) is 2.74. The number of hydrogen-bond donors (Lipinski definition) is 1. The quantitative estimate of drug-likeness (QED) is 0.522. The molecule has 0 amide bonds. The Morgan fingerprint density at radius 3 is 2.59 bits per heavy atom. The van der Waals surface area contributed by atoms with E-state index in [0.717, 1.165) is 12.8 Å². The van der Waals surface area contributed by atoms with E-state index in [2.05, 4.69) is 6.92 Å². The highest BCUT2D eigenvalue weighted by Gasteiger charge is 2.32. The second-order valence-corrected chi connectivity index (χ2v) is 4.74. The van der Waals surface area contributed by atoms with E-state index in [1.54, 1.807) is 0 Å². The number of esters is 1. The largest absolute Gasteiger partial charge is 0.465 e. The first kappa shape index (κ1) is 14.5. The van der Waals surface area contributed by atoms with Crippen molar-refractivity contribution >= 4 is 5.97 Å². The van der Waals surface area contributed by atoms with Crippen molar-refractivity contribution in [2.45, 2.75) is 51.5 Å². The highest BCUT2D eigenvalue weighted by atomic mass is 16.5. The van der Waals surface area contributed by atoms with Crippen LogP contribution < -0.4 is 5.73 Å². The average molecular weight is 243 g/mol. The Morgan fingerprint density at radius 1 is 1.24 bits per heavy atom. The fraction of sp³-hybridized carbons (Fsp3) is 0.923. The lowest BCUT2D eigenvalue weighted by Crippen LogP contribution is -2.35. The molecular weight excluding hydrogens is 218 g/mol. The van der Waals surface area contributed by atoms with E-state index in [1.807, 2.05) is 0 Å². The van der Waals surface area contributed by atoms with Crippen molar-refractivity contribution in [3.8, 4) is 0 Å². The number of carbonyl (C=O) groups is 1. The van der Waals surface area contributed by atoms with Crippen LogP contribution in [0.15, 0.2) is 0 Å². The number of nitrogens with two attached hydrogens (primary N) is 1. The molecule has 1 aliphatic heterocycles. The van der Waals surface area contributed by atoms with Crippen molar-refractivity contribution < 1.29 is 14.3 Å². The maximum Gasteiger partial charge on any atom is 0.312 e. The van der Waals surface area contributed by atoms with Gasteiger partial charge in [-0.25, -0.2) is 0 Å². The van der Waals surface area contributed by atoms with Gasteiger partial charge >= 0.3 is 5.97 Å². The zero-order chi connectivity index (χ0) is 12.5. The number of unbranched alkanes of at least 4 members (excludes halogenated alkanes) is 5. The van der Waals surface area contributed by atoms with E-state index in [0.29, 0.717) is 19.8 Å². The Hall–Kier alpha value is -0.610. The maximum atomic E-state index is 11.6. The first-order valence-electron chi connectivity index (χ1n) is 6.75. The Kier molecular flexibility index (Phi) is 7.21. The SMILES string of the molecule is CCCCCCCCOC(=O)C1COCC1N. The van der Waals surface area contributed by atoms with E-state index in [1.165, 1.54) is 25.7 Å². The van der Waals surface area contributed by atoms with Crippen molar-refractivity contribution in [2.24, 2.45) is 11.7 Å². The topological polar surface area (TPSA) is 61.5 Å². The van der Waals surface area contributed by atoms with Gasteiger partial charge in [-0.2, -0.15) is 0 Å². The summed E-state index contributed by atoms with van der Waals surface area (Å²) in [4.78, 5) is 11.6. The normalized spacial score (nSPS) is 23.9. The Labute approximate surface area is 104 Å². The first-order valence-corrected chi connectivity index (χ1v) is 6.75. The summed E-state index contributed by atoms with van der Waals surface area (Å²) in [6.45, 7) is 3.61. The minimum Gasteiger partial charge on any atom is -0.465 e. The summed E-state index contributed by atoms with van der Waals surface area (Å²) in [6.07, 6.45) is 7.17. The Bertz CT molecular complexity index is 221. The van der Waals surface area contributed by atoms with E-state index in [-0.39, 0.29) is 17.9 Å². The molecule has 1 saturated heterocycles. The molecular formula is C13H25NO3. The number of carbonyl (C=O) groups excluding carboxylic acids is 1. The highest BCUT2D eigenvalue weighted by Crippen LogP contribution is 2.13. The lowest BCUT2D eigenvalue weighted by Gasteiger charge is -2.12. The molecule has 1 aliphatic rings. The number of hydrogen-bond acceptors (Lipinski definition) is 4. The summed E-state index contributed by atoms with van der Waals surface area (Å²) in [7, 11) is 0. The van der Waals surface area contributed by atoms with E-state index in [4.69, 9.17) is 15.2 Å². The van der Waals surface area contributed by atoms with Crippen LogP contribution in [0.1, 0.15) is 45.4 Å². The predicted octanol–water partition coefficient (Wildman–Crippen LogP) is 1.86. The van der Waals surface area contributed by atoms with Crippen LogP contribution in [0, 0.1) is 5.92 Å². The molecule has 0 aromatic rings. The van der Waals surface area contributed by atoms with Gasteiger partial charge in [-0.3, -0.25) is 4.79 Å². The summed E-state index contributed by atoms with van der Waals surface area (Å²) in [6, 6.07) is -0.188. The molecule has 0 radical (unpaired) electrons. The summed E-state index contributed by atoms with van der Waals surface area (Å²) in [5.41, 5.74) is 5.74. The van der Waals surface area contributed by atoms with Crippen LogP contribution in [0.2, 0.25) is 0 Å². The van der Waals surface area contributed by atoms with Crippen molar-refractivity contribution in [1.29, 1.82) is 0 Å². The summed E-state index contributed by atoms with van der Waals surface area (Å²) >= 11 is 0. The van der Waals surface area contributed by atoms with Crippen LogP contribution >= 0.6 is 0 Å². The minimum absolute atomic E-state index is 0.188. The lowest BCUT2D eigenvalue weighted by atomic mass is 10.1. The molecule has 1 rings (SSSR count). The van der Waals surface area contributed by atoms with Crippen molar-refractivity contribution in [2.75, 3.05) is 19.8 Å². The number of ether oxygens (including phenoxy) is 2. The highest BCUT2D eigenvalue weighted by molar-refractivity contribution is 5.73. The van der Waals surface area contributed by atoms with Crippen LogP contribution in [0.4, 0.5) is 0 Å². The van der Waals surface area contributed by atoms with Crippen molar-refractivity contribution in [3.05, 3.63) is 0 Å². The molecule has 4 heteroatoms. The second-order valence-electron chi connectivity index (χ2n) is 4.74. The Balaban J connectivity index is 1.97. The van der Waals surface area contributed by atoms with Crippen molar-refractivity contribution in [1.82, 2.24) is 0 Å². The van der Waals surface area contributed by atoms with Crippen LogP contribution in [-0.4, -0.2) is 31.8 Å². The van der Waals surface area contributed by atoms with Crippen LogP contribution in [-0.2, 0) is 14.3 Å². The zero-order valence-corrected chi connectivity index (χ0v) is 10.8.